The molecule has 0 aromatic heterocycles. The summed E-state index contributed by atoms with van der Waals surface area (Å²) in [6, 6.07) is 0. The summed E-state index contributed by atoms with van der Waals surface area (Å²) >= 11 is 0. The number of aliphatic carboxylic acids is 2. The number of unbranched alkanes of at least 4 members (excludes halogenated alkanes) is 43. The molecule has 0 heterocycles. The van der Waals surface area contributed by atoms with E-state index in [1.54, 1.807) is 0 Å². The molecule has 3 atom stereocenters. The molecule has 0 fully saturated rings. The van der Waals surface area contributed by atoms with Gasteiger partial charge in [-0.2, -0.15) is 0 Å². The molecule has 5 nitrogen and oxygen atoms in total. The normalized spacial score (nSPS) is 12.5. The van der Waals surface area contributed by atoms with E-state index in [1.807, 2.05) is 0 Å². The largest absolute Gasteiger partial charge is 0.481 e. The first-order valence-corrected chi connectivity index (χ1v) is 33.8. The van der Waals surface area contributed by atoms with Gasteiger partial charge in [0.2, 0.25) is 0 Å². The lowest BCUT2D eigenvalue weighted by Crippen LogP contribution is -2.18. The highest BCUT2D eigenvalue weighted by Gasteiger charge is 2.22. The monoisotopic (exact) mass is 1040 g/mol. The average Bonchev–Trinajstić information content (AvgIpc) is 3.38. The molecular formula is C68H138O5. The summed E-state index contributed by atoms with van der Waals surface area (Å²) in [6.45, 7) is 14.0. The quantitative estimate of drug-likeness (QED) is 0.0528. The minimum Gasteiger partial charge on any atom is -0.481 e. The van der Waals surface area contributed by atoms with E-state index in [1.165, 1.54) is 321 Å². The smallest absolute Gasteiger partial charge is 0.306 e. The summed E-state index contributed by atoms with van der Waals surface area (Å²) in [6.07, 6.45) is 72.7. The van der Waals surface area contributed by atoms with Crippen LogP contribution in [0.2, 0.25) is 0 Å². The van der Waals surface area contributed by atoms with E-state index in [2.05, 4.69) is 41.5 Å². The van der Waals surface area contributed by atoms with E-state index in [0.717, 1.165) is 32.1 Å². The Kier molecular flexibility index (Phi) is 71.9. The van der Waals surface area contributed by atoms with Crippen LogP contribution in [0.15, 0.2) is 0 Å². The number of carboxylic acids is 2. The van der Waals surface area contributed by atoms with Crippen LogP contribution in [0.4, 0.5) is 0 Å². The zero-order chi connectivity index (χ0) is 54.2. The Bertz CT molecular complexity index is 999. The zero-order valence-corrected chi connectivity index (χ0v) is 51.2. The van der Waals surface area contributed by atoms with Gasteiger partial charge in [0.05, 0.1) is 5.92 Å². The molecule has 0 bridgehead atoms. The molecule has 440 valence electrons. The molecule has 0 saturated heterocycles. The number of rotatable bonds is 59. The Morgan fingerprint density at radius 1 is 0.274 bits per heavy atom. The highest BCUT2D eigenvalue weighted by molar-refractivity contribution is 5.69. The average molecular weight is 1040 g/mol. The Morgan fingerprint density at radius 3 is 0.699 bits per heavy atom. The molecule has 3 unspecified atom stereocenters. The van der Waals surface area contributed by atoms with Gasteiger partial charge < -0.3 is 15.3 Å². The first-order chi connectivity index (χ1) is 35.8. The maximum Gasteiger partial charge on any atom is 0.306 e. The summed E-state index contributed by atoms with van der Waals surface area (Å²) < 4.78 is 0. The van der Waals surface area contributed by atoms with E-state index < -0.39 is 11.9 Å². The first-order valence-electron chi connectivity index (χ1n) is 33.8. The maximum absolute atomic E-state index is 12.1. The molecule has 0 rings (SSSR count). The van der Waals surface area contributed by atoms with Crippen LogP contribution in [0, 0.1) is 17.8 Å². The van der Waals surface area contributed by atoms with E-state index in [0.29, 0.717) is 24.9 Å². The molecule has 0 spiro atoms. The van der Waals surface area contributed by atoms with Gasteiger partial charge in [-0.1, -0.05) is 363 Å². The van der Waals surface area contributed by atoms with E-state index in [-0.39, 0.29) is 5.92 Å². The predicted octanol–water partition coefficient (Wildman–Crippen LogP) is 23.9. The van der Waals surface area contributed by atoms with Crippen LogP contribution < -0.4 is 0 Å². The highest BCUT2D eigenvalue weighted by Crippen LogP contribution is 2.29. The topological polar surface area (TPSA) is 94.8 Å². The van der Waals surface area contributed by atoms with Gasteiger partial charge in [0.25, 0.3) is 0 Å². The highest BCUT2D eigenvalue weighted by atomic mass is 16.4. The molecule has 73 heavy (non-hydrogen) atoms. The summed E-state index contributed by atoms with van der Waals surface area (Å²) in [5, 5.41) is 27.9. The van der Waals surface area contributed by atoms with Crippen molar-refractivity contribution in [2.75, 3.05) is 6.61 Å². The van der Waals surface area contributed by atoms with Crippen LogP contribution in [0.3, 0.4) is 0 Å². The van der Waals surface area contributed by atoms with Crippen molar-refractivity contribution in [2.45, 2.75) is 401 Å². The minimum absolute atomic E-state index is 0.113. The Balaban J connectivity index is -0.00000112. The number of hydrogen-bond donors (Lipinski definition) is 3. The van der Waals surface area contributed by atoms with Crippen molar-refractivity contribution in [3.05, 3.63) is 0 Å². The van der Waals surface area contributed by atoms with Crippen molar-refractivity contribution in [1.82, 2.24) is 0 Å². The van der Waals surface area contributed by atoms with Crippen molar-refractivity contribution >= 4 is 11.9 Å². The standard InChI is InChI=1S/C34H68O2.C20H42O.C14H28O2/c1-4-7-10-13-16-18-19-21-24-27-30-33(34(35)36)31-32(28-25-22-15-12-9-6-3)29-26-23-20-17-14-11-8-5-2;1-3-5-7-9-11-12-14-16-18-20(19-21)17-15-13-10-8-6-4-2;1-2-3-4-5-6-7-8-9-10-11-12-13-14(15)16/h32-33H,4-31H2,1-3H3,(H,35,36);20-21H,3-19H2,1-2H3;2-13H2,1H3,(H,15,16). The zero-order valence-electron chi connectivity index (χ0n) is 51.2. The van der Waals surface area contributed by atoms with E-state index in [4.69, 9.17) is 5.11 Å². The third-order valence-corrected chi connectivity index (χ3v) is 16.0. The van der Waals surface area contributed by atoms with Crippen LogP contribution in [0.1, 0.15) is 401 Å². The van der Waals surface area contributed by atoms with Gasteiger partial charge in [-0.25, -0.2) is 0 Å². The second kappa shape index (κ2) is 68.9. The summed E-state index contributed by atoms with van der Waals surface area (Å²) in [4.78, 5) is 22.3. The van der Waals surface area contributed by atoms with Crippen molar-refractivity contribution < 1.29 is 24.9 Å². The Hall–Kier alpha value is -1.10. The SMILES string of the molecule is CCCCCCCCCCC(CO)CCCCCCCC.CCCCCCCCCCCCC(CC(CCCCCCCC)CCCCCCCCCC)C(=O)O.CCCCCCCCCCCCCC(=O)O. The molecular weight excluding hydrogens is 897 g/mol. The van der Waals surface area contributed by atoms with Crippen LogP contribution >= 0.6 is 0 Å². The second-order valence-corrected chi connectivity index (χ2v) is 23.5. The summed E-state index contributed by atoms with van der Waals surface area (Å²) in [7, 11) is 0. The number of aliphatic hydroxyl groups is 1. The second-order valence-electron chi connectivity index (χ2n) is 23.5. The molecule has 0 aromatic rings. The van der Waals surface area contributed by atoms with Gasteiger partial charge in [-0.3, -0.25) is 9.59 Å². The van der Waals surface area contributed by atoms with E-state index >= 15 is 0 Å². The molecule has 0 aromatic carbocycles. The third-order valence-electron chi connectivity index (χ3n) is 16.0. The van der Waals surface area contributed by atoms with Crippen molar-refractivity contribution in [2.24, 2.45) is 17.8 Å². The molecule has 0 aliphatic heterocycles. The number of carboxylic acid groups (broad SMARTS) is 2. The first kappa shape index (κ1) is 76.1. The molecule has 0 aliphatic rings. The fraction of sp³-hybridized carbons (Fsp3) is 0.971. The molecule has 3 N–H and O–H groups in total. The molecule has 0 amide bonds. The lowest BCUT2D eigenvalue weighted by Gasteiger charge is -2.21. The van der Waals surface area contributed by atoms with Gasteiger partial charge in [0.1, 0.15) is 0 Å². The van der Waals surface area contributed by atoms with Crippen LogP contribution in [-0.4, -0.2) is 33.9 Å². The molecule has 0 saturated carbocycles. The van der Waals surface area contributed by atoms with Gasteiger partial charge in [0.15, 0.2) is 0 Å². The fourth-order valence-corrected chi connectivity index (χ4v) is 10.8. The fourth-order valence-electron chi connectivity index (χ4n) is 10.8. The predicted molar refractivity (Wildman–Crippen MR) is 325 cm³/mol. The van der Waals surface area contributed by atoms with Crippen molar-refractivity contribution in [3.8, 4) is 0 Å². The third kappa shape index (κ3) is 68.9. The summed E-state index contributed by atoms with van der Waals surface area (Å²) in [5.41, 5.74) is 0. The lowest BCUT2D eigenvalue weighted by atomic mass is 9.84. The maximum atomic E-state index is 12.1. The molecule has 0 radical (unpaired) electrons. The van der Waals surface area contributed by atoms with Gasteiger partial charge in [-0.15, -0.1) is 0 Å². The summed E-state index contributed by atoms with van der Waals surface area (Å²) in [5.74, 6) is -0.0966. The van der Waals surface area contributed by atoms with Crippen LogP contribution in [0.5, 0.6) is 0 Å². The van der Waals surface area contributed by atoms with E-state index in [9.17, 15) is 19.8 Å². The van der Waals surface area contributed by atoms with Gasteiger partial charge >= 0.3 is 11.9 Å². The molecule has 0 aliphatic carbocycles. The van der Waals surface area contributed by atoms with Gasteiger partial charge in [-0.05, 0) is 43.9 Å². The molecule has 5 heteroatoms. The minimum atomic E-state index is -0.657. The Labute approximate surface area is 460 Å². The van der Waals surface area contributed by atoms with Crippen LogP contribution in [0.25, 0.3) is 0 Å². The van der Waals surface area contributed by atoms with Crippen molar-refractivity contribution in [3.63, 3.8) is 0 Å². The van der Waals surface area contributed by atoms with Crippen molar-refractivity contribution in [1.29, 1.82) is 0 Å². The van der Waals surface area contributed by atoms with Gasteiger partial charge in [0, 0.05) is 13.0 Å². The number of aliphatic hydroxyl groups excluding tert-OH is 1. The Morgan fingerprint density at radius 2 is 0.479 bits per heavy atom. The number of carbonyl (C=O) groups is 2. The number of hydrogen-bond acceptors (Lipinski definition) is 3. The van der Waals surface area contributed by atoms with Crippen LogP contribution in [-0.2, 0) is 9.59 Å². The lowest BCUT2D eigenvalue weighted by molar-refractivity contribution is -0.142.